The van der Waals surface area contributed by atoms with E-state index in [9.17, 15) is 18.0 Å². The molecule has 6 heteroatoms. The van der Waals surface area contributed by atoms with E-state index in [1.165, 1.54) is 6.07 Å². The molecule has 3 nitrogen and oxygen atoms in total. The number of rotatable bonds is 2. The number of alkyl halides is 3. The maximum atomic E-state index is 13.3. The van der Waals surface area contributed by atoms with Gasteiger partial charge in [-0.15, -0.1) is 0 Å². The van der Waals surface area contributed by atoms with Gasteiger partial charge in [0.1, 0.15) is 5.69 Å². The summed E-state index contributed by atoms with van der Waals surface area (Å²) in [5.41, 5.74) is 5.24. The van der Waals surface area contributed by atoms with Gasteiger partial charge in [-0.2, -0.15) is 13.2 Å². The largest absolute Gasteiger partial charge is 0.418 e. The molecule has 3 rings (SSSR count). The predicted octanol–water partition coefficient (Wildman–Crippen LogP) is 3.54. The number of hydrogen-bond donors (Lipinski definition) is 1. The zero-order valence-electron chi connectivity index (χ0n) is 11.3. The van der Waals surface area contributed by atoms with E-state index in [0.29, 0.717) is 16.5 Å². The summed E-state index contributed by atoms with van der Waals surface area (Å²) < 4.78 is 39.9. The molecule has 110 valence electrons. The van der Waals surface area contributed by atoms with Gasteiger partial charge < -0.3 is 5.73 Å². The Morgan fingerprint density at radius 3 is 2.48 bits per heavy atom. The summed E-state index contributed by atoms with van der Waals surface area (Å²) in [7, 11) is 0. The van der Waals surface area contributed by atoms with Crippen molar-refractivity contribution < 1.29 is 18.0 Å². The van der Waals surface area contributed by atoms with Crippen molar-refractivity contribution in [2.75, 3.05) is 0 Å². The van der Waals surface area contributed by atoms with Crippen LogP contribution in [-0.4, -0.2) is 10.9 Å². The van der Waals surface area contributed by atoms with Crippen LogP contribution in [0.4, 0.5) is 13.2 Å². The van der Waals surface area contributed by atoms with Crippen LogP contribution in [0.25, 0.3) is 10.9 Å². The first-order chi connectivity index (χ1) is 9.77. The lowest BCUT2D eigenvalue weighted by Gasteiger charge is -2.14. The zero-order chi connectivity index (χ0) is 15.4. The van der Waals surface area contributed by atoms with Crippen molar-refractivity contribution in [1.82, 2.24) is 4.98 Å². The Morgan fingerprint density at radius 2 is 1.95 bits per heavy atom. The van der Waals surface area contributed by atoms with E-state index >= 15 is 0 Å². The highest BCUT2D eigenvalue weighted by Crippen LogP contribution is 2.44. The molecule has 0 bridgehead atoms. The highest BCUT2D eigenvalue weighted by Gasteiger charge is 2.36. The average Bonchev–Trinajstić information content (AvgIpc) is 3.20. The minimum Gasteiger partial charge on any atom is -0.364 e. The van der Waals surface area contributed by atoms with E-state index in [1.54, 1.807) is 13.0 Å². The van der Waals surface area contributed by atoms with E-state index < -0.39 is 17.6 Å². The van der Waals surface area contributed by atoms with Gasteiger partial charge in [0.05, 0.1) is 11.1 Å². The maximum Gasteiger partial charge on any atom is 0.418 e. The van der Waals surface area contributed by atoms with Gasteiger partial charge in [-0.05, 0) is 55.0 Å². The average molecular weight is 294 g/mol. The van der Waals surface area contributed by atoms with Crippen molar-refractivity contribution in [2.24, 2.45) is 5.73 Å². The van der Waals surface area contributed by atoms with Crippen molar-refractivity contribution >= 4 is 16.8 Å². The summed E-state index contributed by atoms with van der Waals surface area (Å²) in [5.74, 6) is -0.634. The van der Waals surface area contributed by atoms with Crippen LogP contribution in [0.3, 0.4) is 0 Å². The Morgan fingerprint density at radius 1 is 1.29 bits per heavy atom. The second-order valence-corrected chi connectivity index (χ2v) is 5.43. The molecule has 0 spiro atoms. The normalized spacial score (nSPS) is 15.4. The molecule has 21 heavy (non-hydrogen) atoms. The number of halogens is 3. The Bertz CT molecular complexity index is 749. The number of amides is 1. The number of aryl methyl sites for hydroxylation is 1. The van der Waals surface area contributed by atoms with Crippen LogP contribution in [0.1, 0.15) is 45.9 Å². The van der Waals surface area contributed by atoms with Crippen LogP contribution in [-0.2, 0) is 6.18 Å². The summed E-state index contributed by atoms with van der Waals surface area (Å²) in [6.45, 7) is 1.66. The summed E-state index contributed by atoms with van der Waals surface area (Å²) in [4.78, 5) is 15.0. The van der Waals surface area contributed by atoms with Crippen molar-refractivity contribution in [2.45, 2.75) is 31.9 Å². The van der Waals surface area contributed by atoms with Crippen molar-refractivity contribution in [3.8, 4) is 0 Å². The number of nitrogens with two attached hydrogens (primary N) is 1. The molecule has 1 aliphatic rings. The molecule has 1 heterocycles. The molecule has 1 aromatic heterocycles. The summed E-state index contributed by atoms with van der Waals surface area (Å²) in [5, 5.41) is 0.428. The highest BCUT2D eigenvalue weighted by molar-refractivity contribution is 5.96. The van der Waals surface area contributed by atoms with Crippen molar-refractivity contribution in [3.05, 3.63) is 40.6 Å². The molecule has 1 saturated carbocycles. The van der Waals surface area contributed by atoms with Gasteiger partial charge >= 0.3 is 6.18 Å². The van der Waals surface area contributed by atoms with Crippen LogP contribution in [0.5, 0.6) is 0 Å². The summed E-state index contributed by atoms with van der Waals surface area (Å²) >= 11 is 0. The molecule has 0 aliphatic heterocycles. The van der Waals surface area contributed by atoms with Crippen molar-refractivity contribution in [1.29, 1.82) is 0 Å². The molecular weight excluding hydrogens is 281 g/mol. The van der Waals surface area contributed by atoms with Crippen LogP contribution in [0.15, 0.2) is 18.2 Å². The first-order valence-electron chi connectivity index (χ1n) is 6.59. The van der Waals surface area contributed by atoms with E-state index in [-0.39, 0.29) is 17.1 Å². The molecule has 0 atom stereocenters. The van der Waals surface area contributed by atoms with E-state index in [2.05, 4.69) is 4.98 Å². The van der Waals surface area contributed by atoms with E-state index in [1.807, 2.05) is 0 Å². The molecule has 1 aromatic carbocycles. The first kappa shape index (κ1) is 13.9. The maximum absolute atomic E-state index is 13.3. The second kappa shape index (κ2) is 4.44. The number of fused-ring (bicyclic) bond motifs is 1. The fourth-order valence-electron chi connectivity index (χ4n) is 2.51. The monoisotopic (exact) mass is 294 g/mol. The second-order valence-electron chi connectivity index (χ2n) is 5.43. The van der Waals surface area contributed by atoms with Crippen LogP contribution >= 0.6 is 0 Å². The fourth-order valence-corrected chi connectivity index (χ4v) is 2.51. The predicted molar refractivity (Wildman–Crippen MR) is 72.0 cm³/mol. The minimum atomic E-state index is -4.52. The van der Waals surface area contributed by atoms with Gasteiger partial charge in [0.15, 0.2) is 0 Å². The van der Waals surface area contributed by atoms with Gasteiger partial charge in [-0.25, -0.2) is 4.98 Å². The molecule has 0 radical (unpaired) electrons. The number of pyridine rings is 1. The molecule has 1 fully saturated rings. The van der Waals surface area contributed by atoms with Crippen LogP contribution in [0, 0.1) is 6.92 Å². The van der Waals surface area contributed by atoms with Gasteiger partial charge in [0, 0.05) is 5.39 Å². The Hall–Kier alpha value is -2.11. The van der Waals surface area contributed by atoms with Crippen molar-refractivity contribution in [3.63, 3.8) is 0 Å². The molecule has 1 aliphatic carbocycles. The summed E-state index contributed by atoms with van der Waals surface area (Å²) in [6.07, 6.45) is -2.69. The molecule has 0 unspecified atom stereocenters. The lowest BCUT2D eigenvalue weighted by Crippen LogP contribution is -2.15. The zero-order valence-corrected chi connectivity index (χ0v) is 11.3. The molecule has 0 saturated heterocycles. The Balaban J connectivity index is 2.36. The highest BCUT2D eigenvalue weighted by atomic mass is 19.4. The topological polar surface area (TPSA) is 56.0 Å². The SMILES string of the molecule is Cc1cc(C(N)=O)nc2c(C(F)(F)F)cc(C3CC3)cc12. The number of benzene rings is 1. The van der Waals surface area contributed by atoms with Gasteiger partial charge in [-0.3, -0.25) is 4.79 Å². The van der Waals surface area contributed by atoms with Crippen LogP contribution in [0.2, 0.25) is 0 Å². The first-order valence-corrected chi connectivity index (χ1v) is 6.59. The molecule has 2 N–H and O–H groups in total. The van der Waals surface area contributed by atoms with Gasteiger partial charge in [0.25, 0.3) is 5.91 Å². The van der Waals surface area contributed by atoms with E-state index in [0.717, 1.165) is 18.9 Å². The Kier molecular flexibility index (Phi) is 2.93. The minimum absolute atomic E-state index is 0.148. The number of nitrogens with zero attached hydrogens (tertiary/aromatic N) is 1. The Labute approximate surface area is 119 Å². The van der Waals surface area contributed by atoms with Crippen LogP contribution < -0.4 is 5.73 Å². The molecular formula is C15H13F3N2O. The summed E-state index contributed by atoms with van der Waals surface area (Å²) in [6, 6.07) is 4.33. The standard InChI is InChI=1S/C15H13F3N2O/c1-7-4-12(14(19)21)20-13-10(7)5-9(8-2-3-8)6-11(13)15(16,17)18/h4-6,8H,2-3H2,1H3,(H2,19,21). The number of primary amides is 1. The molecule has 2 aromatic rings. The third-order valence-electron chi connectivity index (χ3n) is 3.75. The van der Waals surface area contributed by atoms with Gasteiger partial charge in [0.2, 0.25) is 0 Å². The number of carbonyl (C=O) groups excluding carboxylic acids is 1. The van der Waals surface area contributed by atoms with E-state index in [4.69, 9.17) is 5.73 Å². The molecule has 1 amide bonds. The quantitative estimate of drug-likeness (QED) is 0.921. The van der Waals surface area contributed by atoms with Gasteiger partial charge in [-0.1, -0.05) is 0 Å². The lowest BCUT2D eigenvalue weighted by molar-refractivity contribution is -0.136. The number of carbonyl (C=O) groups is 1. The third-order valence-corrected chi connectivity index (χ3v) is 3.75. The number of aromatic nitrogens is 1. The third kappa shape index (κ3) is 2.46. The lowest BCUT2D eigenvalue weighted by atomic mass is 9.98. The fraction of sp³-hybridized carbons (Fsp3) is 0.333. The smallest absolute Gasteiger partial charge is 0.364 e. The number of hydrogen-bond acceptors (Lipinski definition) is 2.